The molecule has 0 aliphatic carbocycles. The van der Waals surface area contributed by atoms with Crippen LogP contribution in [-0.4, -0.2) is 60.8 Å². The lowest BCUT2D eigenvalue weighted by atomic mass is 10.0. The summed E-state index contributed by atoms with van der Waals surface area (Å²) in [7, 11) is 1.57. The van der Waals surface area contributed by atoms with Gasteiger partial charge < -0.3 is 19.9 Å². The first kappa shape index (κ1) is 23.5. The van der Waals surface area contributed by atoms with Crippen molar-refractivity contribution in [2.75, 3.05) is 33.3 Å². The summed E-state index contributed by atoms with van der Waals surface area (Å²) in [5.41, 5.74) is 1.03. The molecule has 1 fully saturated rings. The monoisotopic (exact) mass is 461 g/mol. The number of hydrogen-bond acceptors (Lipinski definition) is 4. The minimum Gasteiger partial charge on any atom is -0.497 e. The highest BCUT2D eigenvalue weighted by molar-refractivity contribution is 6.33. The van der Waals surface area contributed by atoms with Crippen molar-refractivity contribution in [3.63, 3.8) is 0 Å². The molecule has 9 heteroatoms. The molecule has 1 atom stereocenters. The zero-order valence-corrected chi connectivity index (χ0v) is 18.7. The van der Waals surface area contributed by atoms with Crippen LogP contribution < -0.4 is 10.1 Å². The van der Waals surface area contributed by atoms with E-state index in [2.05, 4.69) is 5.32 Å². The SMILES string of the molecule is COc1ccc(C(CC(=O)N2CCN(C(=O)c3ccc(F)cc3Cl)CC2)NC(C)=O)cc1. The highest BCUT2D eigenvalue weighted by Gasteiger charge is 2.28. The van der Waals surface area contributed by atoms with Gasteiger partial charge in [-0.15, -0.1) is 0 Å². The Morgan fingerprint density at radius 2 is 1.69 bits per heavy atom. The second kappa shape index (κ2) is 10.5. The molecule has 3 amide bonds. The third-order valence-electron chi connectivity index (χ3n) is 5.36. The van der Waals surface area contributed by atoms with Crippen molar-refractivity contribution >= 4 is 29.3 Å². The molecule has 1 heterocycles. The lowest BCUT2D eigenvalue weighted by Gasteiger charge is -2.35. The molecule has 2 aromatic carbocycles. The molecular weight excluding hydrogens is 437 g/mol. The minimum atomic E-state index is -0.507. The largest absolute Gasteiger partial charge is 0.497 e. The van der Waals surface area contributed by atoms with Crippen LogP contribution in [0.3, 0.4) is 0 Å². The summed E-state index contributed by atoms with van der Waals surface area (Å²) in [4.78, 5) is 40.6. The third-order valence-corrected chi connectivity index (χ3v) is 5.67. The van der Waals surface area contributed by atoms with Gasteiger partial charge in [-0.1, -0.05) is 23.7 Å². The standard InChI is InChI=1S/C23H25ClFN3O4/c1-15(29)26-21(16-3-6-18(32-2)7-4-16)14-22(30)27-9-11-28(12-10-27)23(31)19-8-5-17(25)13-20(19)24/h3-8,13,21H,9-12,14H2,1-2H3,(H,26,29). The van der Waals surface area contributed by atoms with Crippen molar-refractivity contribution in [1.82, 2.24) is 15.1 Å². The summed E-state index contributed by atoms with van der Waals surface area (Å²) in [6, 6.07) is 10.4. The number of piperazine rings is 1. The number of hydrogen-bond donors (Lipinski definition) is 1. The molecule has 1 saturated heterocycles. The molecule has 1 N–H and O–H groups in total. The Morgan fingerprint density at radius 3 is 2.25 bits per heavy atom. The maximum absolute atomic E-state index is 13.3. The average molecular weight is 462 g/mol. The molecule has 1 aliphatic heterocycles. The summed E-state index contributed by atoms with van der Waals surface area (Å²) < 4.78 is 18.4. The molecular formula is C23H25ClFN3O4. The molecule has 1 unspecified atom stereocenters. The van der Waals surface area contributed by atoms with Gasteiger partial charge in [-0.3, -0.25) is 14.4 Å². The van der Waals surface area contributed by atoms with E-state index in [1.54, 1.807) is 29.0 Å². The number of ether oxygens (including phenoxy) is 1. The van der Waals surface area contributed by atoms with Gasteiger partial charge in [0.15, 0.2) is 0 Å². The molecule has 0 saturated carbocycles. The van der Waals surface area contributed by atoms with Crippen molar-refractivity contribution in [2.45, 2.75) is 19.4 Å². The van der Waals surface area contributed by atoms with E-state index in [0.29, 0.717) is 31.9 Å². The van der Waals surface area contributed by atoms with Crippen LogP contribution in [0.25, 0.3) is 0 Å². The van der Waals surface area contributed by atoms with Crippen LogP contribution in [0.15, 0.2) is 42.5 Å². The van der Waals surface area contributed by atoms with Gasteiger partial charge in [-0.05, 0) is 35.9 Å². The summed E-state index contributed by atoms with van der Waals surface area (Å²) in [6.07, 6.45) is 0.101. The molecule has 32 heavy (non-hydrogen) atoms. The quantitative estimate of drug-likeness (QED) is 0.717. The predicted molar refractivity (Wildman–Crippen MR) is 118 cm³/mol. The van der Waals surface area contributed by atoms with Gasteiger partial charge in [0.2, 0.25) is 11.8 Å². The Bertz CT molecular complexity index is 991. The number of benzene rings is 2. The molecule has 2 aromatic rings. The van der Waals surface area contributed by atoms with E-state index in [1.165, 1.54) is 19.1 Å². The Hall–Kier alpha value is -3.13. The van der Waals surface area contributed by atoms with E-state index in [-0.39, 0.29) is 34.7 Å². The van der Waals surface area contributed by atoms with Crippen molar-refractivity contribution in [2.24, 2.45) is 0 Å². The van der Waals surface area contributed by atoms with Crippen molar-refractivity contribution in [3.8, 4) is 5.75 Å². The molecule has 7 nitrogen and oxygen atoms in total. The first-order valence-corrected chi connectivity index (χ1v) is 10.6. The number of amides is 3. The van der Waals surface area contributed by atoms with Gasteiger partial charge >= 0.3 is 0 Å². The second-order valence-corrected chi connectivity index (χ2v) is 7.93. The zero-order valence-electron chi connectivity index (χ0n) is 17.9. The van der Waals surface area contributed by atoms with E-state index >= 15 is 0 Å². The van der Waals surface area contributed by atoms with Gasteiger partial charge in [0.05, 0.1) is 30.2 Å². The van der Waals surface area contributed by atoms with Crippen LogP contribution in [0.5, 0.6) is 5.75 Å². The minimum absolute atomic E-state index is 0.0612. The third kappa shape index (κ3) is 5.76. The number of rotatable bonds is 6. The van der Waals surface area contributed by atoms with Gasteiger partial charge in [0.25, 0.3) is 5.91 Å². The fourth-order valence-corrected chi connectivity index (χ4v) is 3.88. The van der Waals surface area contributed by atoms with Gasteiger partial charge in [-0.2, -0.15) is 0 Å². The maximum atomic E-state index is 13.3. The van der Waals surface area contributed by atoms with Crippen molar-refractivity contribution in [1.29, 1.82) is 0 Å². The van der Waals surface area contributed by atoms with Crippen LogP contribution in [0.4, 0.5) is 4.39 Å². The number of methoxy groups -OCH3 is 1. The lowest BCUT2D eigenvalue weighted by Crippen LogP contribution is -2.51. The van der Waals surface area contributed by atoms with Crippen LogP contribution in [-0.2, 0) is 9.59 Å². The fourth-order valence-electron chi connectivity index (χ4n) is 3.63. The van der Waals surface area contributed by atoms with Gasteiger partial charge in [0.1, 0.15) is 11.6 Å². The van der Waals surface area contributed by atoms with Crippen molar-refractivity contribution in [3.05, 3.63) is 64.4 Å². The summed E-state index contributed by atoms with van der Waals surface area (Å²) in [6.45, 7) is 2.81. The van der Waals surface area contributed by atoms with Crippen molar-refractivity contribution < 1.29 is 23.5 Å². The van der Waals surface area contributed by atoms with E-state index in [9.17, 15) is 18.8 Å². The van der Waals surface area contributed by atoms with Crippen LogP contribution in [0.1, 0.15) is 35.3 Å². The zero-order chi connectivity index (χ0) is 23.3. The van der Waals surface area contributed by atoms with Crippen LogP contribution in [0, 0.1) is 5.82 Å². The Balaban J connectivity index is 1.61. The molecule has 3 rings (SSSR count). The maximum Gasteiger partial charge on any atom is 0.255 e. The number of nitrogens with zero attached hydrogens (tertiary/aromatic N) is 2. The molecule has 0 spiro atoms. The Labute approximate surface area is 191 Å². The predicted octanol–water partition coefficient (Wildman–Crippen LogP) is 3.04. The van der Waals surface area contributed by atoms with Gasteiger partial charge in [-0.25, -0.2) is 4.39 Å². The normalized spacial score (nSPS) is 14.6. The van der Waals surface area contributed by atoms with E-state index in [1.807, 2.05) is 12.1 Å². The van der Waals surface area contributed by atoms with Crippen LogP contribution in [0.2, 0.25) is 5.02 Å². The second-order valence-electron chi connectivity index (χ2n) is 7.53. The Morgan fingerprint density at radius 1 is 1.06 bits per heavy atom. The first-order valence-electron chi connectivity index (χ1n) is 10.2. The van der Waals surface area contributed by atoms with Crippen LogP contribution >= 0.6 is 11.6 Å². The highest BCUT2D eigenvalue weighted by atomic mass is 35.5. The number of carbonyl (C=O) groups is 3. The summed E-state index contributed by atoms with van der Waals surface area (Å²) >= 11 is 6.00. The smallest absolute Gasteiger partial charge is 0.255 e. The first-order chi connectivity index (χ1) is 15.3. The molecule has 1 aliphatic rings. The number of halogens is 2. The molecule has 0 aromatic heterocycles. The highest BCUT2D eigenvalue weighted by Crippen LogP contribution is 2.23. The van der Waals surface area contributed by atoms with E-state index in [4.69, 9.17) is 16.3 Å². The molecule has 170 valence electrons. The Kier molecular flexibility index (Phi) is 7.69. The number of carbonyl (C=O) groups excluding carboxylic acids is 3. The van der Waals surface area contributed by atoms with Gasteiger partial charge in [0, 0.05) is 33.1 Å². The molecule has 0 radical (unpaired) electrons. The lowest BCUT2D eigenvalue weighted by molar-refractivity contribution is -0.133. The summed E-state index contributed by atoms with van der Waals surface area (Å²) in [5, 5.41) is 2.89. The topological polar surface area (TPSA) is 79.0 Å². The fraction of sp³-hybridized carbons (Fsp3) is 0.348. The average Bonchev–Trinajstić information content (AvgIpc) is 2.78. The van der Waals surface area contributed by atoms with E-state index in [0.717, 1.165) is 11.6 Å². The van der Waals surface area contributed by atoms with E-state index < -0.39 is 11.9 Å². The summed E-state index contributed by atoms with van der Waals surface area (Å²) in [5.74, 6) is -0.468. The molecule has 0 bridgehead atoms. The number of nitrogens with one attached hydrogen (secondary N) is 1.